The SMILES string of the molecule is CSCC[C@H](N)C(=O)N(C)CC1(c2ccc(Br)cc2)CC1.Cl. The molecule has 1 amide bonds. The first-order chi connectivity index (χ1) is 9.98. The number of hydrogen-bond donors (Lipinski definition) is 1. The Morgan fingerprint density at radius 2 is 2.00 bits per heavy atom. The topological polar surface area (TPSA) is 46.3 Å². The van der Waals surface area contributed by atoms with Crippen molar-refractivity contribution in [1.29, 1.82) is 0 Å². The second kappa shape index (κ2) is 8.57. The van der Waals surface area contributed by atoms with Crippen molar-refractivity contribution >= 4 is 46.0 Å². The lowest BCUT2D eigenvalue weighted by Gasteiger charge is -2.26. The van der Waals surface area contributed by atoms with Crippen LogP contribution in [-0.4, -0.2) is 42.4 Å². The van der Waals surface area contributed by atoms with Crippen LogP contribution < -0.4 is 5.73 Å². The van der Waals surface area contributed by atoms with Gasteiger partial charge in [-0.25, -0.2) is 0 Å². The molecule has 1 fully saturated rings. The molecule has 1 saturated carbocycles. The highest BCUT2D eigenvalue weighted by Crippen LogP contribution is 2.48. The molecule has 22 heavy (non-hydrogen) atoms. The van der Waals surface area contributed by atoms with Crippen LogP contribution in [0.5, 0.6) is 0 Å². The van der Waals surface area contributed by atoms with E-state index in [1.54, 1.807) is 11.8 Å². The molecule has 0 heterocycles. The van der Waals surface area contributed by atoms with E-state index in [4.69, 9.17) is 5.73 Å². The molecule has 6 heteroatoms. The summed E-state index contributed by atoms with van der Waals surface area (Å²) in [6.45, 7) is 0.764. The van der Waals surface area contributed by atoms with Crippen LogP contribution >= 0.6 is 40.1 Å². The van der Waals surface area contributed by atoms with Gasteiger partial charge in [0, 0.05) is 23.5 Å². The monoisotopic (exact) mass is 406 g/mol. The van der Waals surface area contributed by atoms with Crippen LogP contribution in [0.15, 0.2) is 28.7 Å². The molecule has 2 rings (SSSR count). The highest BCUT2D eigenvalue weighted by molar-refractivity contribution is 9.10. The first-order valence-corrected chi connectivity index (χ1v) is 9.43. The number of nitrogens with two attached hydrogens (primary N) is 1. The molecule has 0 bridgehead atoms. The van der Waals surface area contributed by atoms with Crippen molar-refractivity contribution in [2.45, 2.75) is 30.7 Å². The zero-order valence-electron chi connectivity index (χ0n) is 13.0. The van der Waals surface area contributed by atoms with Crippen LogP contribution in [0.2, 0.25) is 0 Å². The van der Waals surface area contributed by atoms with Gasteiger partial charge in [0.05, 0.1) is 6.04 Å². The molecule has 0 spiro atoms. The second-order valence-electron chi connectivity index (χ2n) is 5.87. The number of benzene rings is 1. The fourth-order valence-corrected chi connectivity index (χ4v) is 3.43. The van der Waals surface area contributed by atoms with E-state index in [0.717, 1.165) is 36.0 Å². The largest absolute Gasteiger partial charge is 0.344 e. The van der Waals surface area contributed by atoms with Gasteiger partial charge in [0.1, 0.15) is 0 Å². The van der Waals surface area contributed by atoms with Crippen LogP contribution in [0.3, 0.4) is 0 Å². The summed E-state index contributed by atoms with van der Waals surface area (Å²) in [5.74, 6) is 0.992. The van der Waals surface area contributed by atoms with Gasteiger partial charge in [0.25, 0.3) is 0 Å². The fourth-order valence-electron chi connectivity index (χ4n) is 2.68. The van der Waals surface area contributed by atoms with Gasteiger partial charge in [-0.15, -0.1) is 12.4 Å². The summed E-state index contributed by atoms with van der Waals surface area (Å²) in [6.07, 6.45) is 5.07. The van der Waals surface area contributed by atoms with Gasteiger partial charge in [-0.1, -0.05) is 28.1 Å². The minimum atomic E-state index is -0.372. The predicted molar refractivity (Wildman–Crippen MR) is 101 cm³/mol. The van der Waals surface area contributed by atoms with E-state index < -0.39 is 0 Å². The minimum absolute atomic E-state index is 0. The minimum Gasteiger partial charge on any atom is -0.344 e. The zero-order valence-corrected chi connectivity index (χ0v) is 16.3. The van der Waals surface area contributed by atoms with Crippen molar-refractivity contribution in [3.63, 3.8) is 0 Å². The zero-order chi connectivity index (χ0) is 15.5. The number of amides is 1. The lowest BCUT2D eigenvalue weighted by Crippen LogP contribution is -2.44. The Kier molecular flexibility index (Phi) is 7.72. The summed E-state index contributed by atoms with van der Waals surface area (Å²) in [7, 11) is 1.88. The Hall–Kier alpha value is -0.230. The van der Waals surface area contributed by atoms with E-state index in [1.807, 2.05) is 18.2 Å². The summed E-state index contributed by atoms with van der Waals surface area (Å²) in [5.41, 5.74) is 7.46. The highest BCUT2D eigenvalue weighted by Gasteiger charge is 2.45. The fraction of sp³-hybridized carbons (Fsp3) is 0.562. The molecule has 1 atom stereocenters. The van der Waals surface area contributed by atoms with Gasteiger partial charge in [-0.05, 0) is 49.0 Å². The number of thioether (sulfide) groups is 1. The van der Waals surface area contributed by atoms with Gasteiger partial charge in [0.15, 0.2) is 0 Å². The molecule has 0 unspecified atom stereocenters. The van der Waals surface area contributed by atoms with Crippen molar-refractivity contribution in [3.05, 3.63) is 34.3 Å². The second-order valence-corrected chi connectivity index (χ2v) is 7.77. The summed E-state index contributed by atoms with van der Waals surface area (Å²) in [4.78, 5) is 14.1. The predicted octanol–water partition coefficient (Wildman–Crippen LogP) is 3.44. The Morgan fingerprint density at radius 3 is 2.50 bits per heavy atom. The summed E-state index contributed by atoms with van der Waals surface area (Å²) in [6, 6.07) is 8.08. The van der Waals surface area contributed by atoms with Gasteiger partial charge >= 0.3 is 0 Å². The molecule has 1 aromatic carbocycles. The van der Waals surface area contributed by atoms with Crippen LogP contribution in [0.25, 0.3) is 0 Å². The molecule has 0 aliphatic heterocycles. The quantitative estimate of drug-likeness (QED) is 0.753. The highest BCUT2D eigenvalue weighted by atomic mass is 79.9. The van der Waals surface area contributed by atoms with Crippen molar-refractivity contribution in [3.8, 4) is 0 Å². The molecule has 0 radical (unpaired) electrons. The van der Waals surface area contributed by atoms with Crippen molar-refractivity contribution in [2.24, 2.45) is 5.73 Å². The van der Waals surface area contributed by atoms with E-state index >= 15 is 0 Å². The lowest BCUT2D eigenvalue weighted by atomic mass is 9.95. The average molecular weight is 408 g/mol. The first kappa shape index (κ1) is 19.8. The standard InChI is InChI=1S/C16H23BrN2OS.ClH/c1-19(15(20)14(18)7-10-21-2)11-16(8-9-16)12-3-5-13(17)6-4-12;/h3-6,14H,7-11,18H2,1-2H3;1H/t14-;/m0./s1. The Morgan fingerprint density at radius 1 is 1.41 bits per heavy atom. The summed E-state index contributed by atoms with van der Waals surface area (Å²) < 4.78 is 1.09. The number of rotatable bonds is 7. The van der Waals surface area contributed by atoms with E-state index in [9.17, 15) is 4.79 Å². The van der Waals surface area contributed by atoms with Crippen LogP contribution in [0.4, 0.5) is 0 Å². The number of carbonyl (C=O) groups excluding carboxylic acids is 1. The third kappa shape index (κ3) is 4.88. The first-order valence-electron chi connectivity index (χ1n) is 7.24. The molecule has 1 aliphatic rings. The van der Waals surface area contributed by atoms with E-state index in [1.165, 1.54) is 5.56 Å². The smallest absolute Gasteiger partial charge is 0.239 e. The Bertz CT molecular complexity index is 493. The third-order valence-electron chi connectivity index (χ3n) is 4.18. The van der Waals surface area contributed by atoms with Crippen molar-refractivity contribution in [2.75, 3.05) is 25.6 Å². The molecule has 1 aromatic rings. The van der Waals surface area contributed by atoms with Gasteiger partial charge in [-0.3, -0.25) is 4.79 Å². The van der Waals surface area contributed by atoms with Crippen molar-refractivity contribution < 1.29 is 4.79 Å². The molecule has 0 saturated heterocycles. The van der Waals surface area contributed by atoms with Crippen LogP contribution in [0, 0.1) is 0 Å². The van der Waals surface area contributed by atoms with Gasteiger partial charge < -0.3 is 10.6 Å². The van der Waals surface area contributed by atoms with Crippen LogP contribution in [0.1, 0.15) is 24.8 Å². The molecular weight excluding hydrogens is 384 g/mol. The van der Waals surface area contributed by atoms with Crippen LogP contribution in [-0.2, 0) is 10.2 Å². The number of halogens is 2. The summed E-state index contributed by atoms with van der Waals surface area (Å²) >= 11 is 5.19. The molecule has 2 N–H and O–H groups in total. The molecule has 0 aromatic heterocycles. The summed E-state index contributed by atoms with van der Waals surface area (Å²) in [5, 5.41) is 0. The average Bonchev–Trinajstić information content (AvgIpc) is 3.25. The Balaban J connectivity index is 0.00000242. The number of hydrogen-bond acceptors (Lipinski definition) is 3. The van der Waals surface area contributed by atoms with E-state index in [0.29, 0.717) is 0 Å². The number of nitrogens with zero attached hydrogens (tertiary/aromatic N) is 1. The maximum atomic E-state index is 12.3. The number of carbonyl (C=O) groups is 1. The van der Waals surface area contributed by atoms with Crippen molar-refractivity contribution in [1.82, 2.24) is 4.90 Å². The maximum absolute atomic E-state index is 12.3. The van der Waals surface area contributed by atoms with Gasteiger partial charge in [0.2, 0.25) is 5.91 Å². The molecular formula is C16H24BrClN2OS. The van der Waals surface area contributed by atoms with Gasteiger partial charge in [-0.2, -0.15) is 11.8 Å². The number of likely N-dealkylation sites (N-methyl/N-ethyl adjacent to an activating group) is 1. The Labute approximate surface area is 151 Å². The lowest BCUT2D eigenvalue weighted by molar-refractivity contribution is -0.131. The molecule has 1 aliphatic carbocycles. The normalized spacial score (nSPS) is 16.5. The van der Waals surface area contributed by atoms with E-state index in [2.05, 4.69) is 40.2 Å². The third-order valence-corrected chi connectivity index (χ3v) is 5.35. The van der Waals surface area contributed by atoms with E-state index in [-0.39, 0.29) is 29.8 Å². The maximum Gasteiger partial charge on any atom is 0.239 e. The molecule has 124 valence electrons. The molecule has 3 nitrogen and oxygen atoms in total.